The first-order valence-corrected chi connectivity index (χ1v) is 16.6. The standard InChI is InChI=1S/C45H40N2/c1-33-15-5-3-8-20-40(38-26-25-35-18-9-10-19-37(35)31-38)41-21-11-12-22-42(41)45(33)36-27-29-39(30-28-36)47(32-34-16-6-4-7-17-34)44-24-14-13-23-43(44)46-2/h3-11,13-21,23-27,29-31,36H,2,12,22,28,32H2,1H3. The van der Waals surface area contributed by atoms with E-state index < -0.39 is 0 Å². The molecule has 5 aromatic carbocycles. The molecule has 0 N–H and O–H groups in total. The number of hydrogen-bond donors (Lipinski definition) is 0. The second-order valence-electron chi connectivity index (χ2n) is 12.4. The predicted molar refractivity (Wildman–Crippen MR) is 202 cm³/mol. The van der Waals surface area contributed by atoms with Gasteiger partial charge in [0.05, 0.1) is 11.4 Å². The zero-order chi connectivity index (χ0) is 32.0. The van der Waals surface area contributed by atoms with Crippen LogP contribution in [0.3, 0.4) is 0 Å². The molecule has 0 spiro atoms. The lowest BCUT2D eigenvalue weighted by molar-refractivity contribution is 0.796. The highest BCUT2D eigenvalue weighted by atomic mass is 15.1. The van der Waals surface area contributed by atoms with Crippen molar-refractivity contribution in [1.82, 2.24) is 0 Å². The molecule has 0 fully saturated rings. The Balaban J connectivity index is 1.32. The van der Waals surface area contributed by atoms with Crippen LogP contribution < -0.4 is 4.90 Å². The van der Waals surface area contributed by atoms with Gasteiger partial charge in [-0.1, -0.05) is 133 Å². The third-order valence-electron chi connectivity index (χ3n) is 9.39. The molecule has 0 aliphatic heterocycles. The Morgan fingerprint density at radius 3 is 2.32 bits per heavy atom. The lowest BCUT2D eigenvalue weighted by atomic mass is 9.80. The summed E-state index contributed by atoms with van der Waals surface area (Å²) in [5, 5.41) is 2.53. The Morgan fingerprint density at radius 2 is 1.51 bits per heavy atom. The van der Waals surface area contributed by atoms with Crippen LogP contribution in [0.4, 0.5) is 11.4 Å². The minimum atomic E-state index is 0.271. The van der Waals surface area contributed by atoms with Crippen molar-refractivity contribution in [2.24, 2.45) is 4.99 Å². The third kappa shape index (κ3) is 6.46. The van der Waals surface area contributed by atoms with Crippen molar-refractivity contribution in [3.63, 3.8) is 0 Å². The first-order chi connectivity index (χ1) is 23.2. The maximum atomic E-state index is 4.37. The van der Waals surface area contributed by atoms with Crippen molar-refractivity contribution in [2.45, 2.75) is 38.6 Å². The molecule has 0 aromatic heterocycles. The van der Waals surface area contributed by atoms with Gasteiger partial charge in [-0.3, -0.25) is 4.99 Å². The summed E-state index contributed by atoms with van der Waals surface area (Å²) >= 11 is 0. The van der Waals surface area contributed by atoms with Crippen LogP contribution in [0.2, 0.25) is 0 Å². The topological polar surface area (TPSA) is 15.6 Å². The first-order valence-electron chi connectivity index (χ1n) is 16.6. The summed E-state index contributed by atoms with van der Waals surface area (Å²) in [5.41, 5.74) is 12.5. The average molecular weight is 609 g/mol. The molecule has 230 valence electrons. The SMILES string of the molecule is C=Nc1ccccc1N(Cc1ccccc1)C1=CCC(c2c(C)cccccc(-c3ccc4ccccc4c3)c3c2CCC=C3)C=C1. The van der Waals surface area contributed by atoms with Gasteiger partial charge in [0, 0.05) is 18.2 Å². The summed E-state index contributed by atoms with van der Waals surface area (Å²) in [6, 6.07) is 45.5. The van der Waals surface area contributed by atoms with Gasteiger partial charge in [0.1, 0.15) is 0 Å². The summed E-state index contributed by atoms with van der Waals surface area (Å²) in [6.07, 6.45) is 14.9. The normalized spacial score (nSPS) is 15.0. The fraction of sp³-hybridized carbons (Fsp3) is 0.133. The number of rotatable bonds is 7. The van der Waals surface area contributed by atoms with Crippen molar-refractivity contribution in [3.8, 4) is 11.1 Å². The van der Waals surface area contributed by atoms with Gasteiger partial charge < -0.3 is 4.90 Å². The summed E-state index contributed by atoms with van der Waals surface area (Å²) < 4.78 is 0. The van der Waals surface area contributed by atoms with Crippen LogP contribution in [0.15, 0.2) is 162 Å². The monoisotopic (exact) mass is 608 g/mol. The molecular formula is C45H40N2. The molecular weight excluding hydrogens is 569 g/mol. The quantitative estimate of drug-likeness (QED) is 0.168. The molecule has 7 rings (SSSR count). The lowest BCUT2D eigenvalue weighted by Crippen LogP contribution is -2.22. The van der Waals surface area contributed by atoms with Gasteiger partial charge in [0.15, 0.2) is 0 Å². The van der Waals surface area contributed by atoms with E-state index in [4.69, 9.17) is 0 Å². The molecule has 47 heavy (non-hydrogen) atoms. The Kier molecular flexibility index (Phi) is 8.92. The maximum Gasteiger partial charge on any atom is 0.0859 e. The van der Waals surface area contributed by atoms with Crippen molar-refractivity contribution >= 4 is 34.9 Å². The number of para-hydroxylation sites is 2. The number of hydrogen-bond acceptors (Lipinski definition) is 2. The Hall–Kier alpha value is -5.47. The maximum absolute atomic E-state index is 4.37. The molecule has 5 aromatic rings. The molecule has 0 saturated carbocycles. The van der Waals surface area contributed by atoms with Crippen LogP contribution in [-0.2, 0) is 13.0 Å². The Morgan fingerprint density at radius 1 is 0.766 bits per heavy atom. The minimum absolute atomic E-state index is 0.271. The predicted octanol–water partition coefficient (Wildman–Crippen LogP) is 11.9. The van der Waals surface area contributed by atoms with Gasteiger partial charge >= 0.3 is 0 Å². The van der Waals surface area contributed by atoms with Gasteiger partial charge in [0.2, 0.25) is 0 Å². The molecule has 1 atom stereocenters. The molecule has 0 amide bonds. The van der Waals surface area contributed by atoms with Crippen molar-refractivity contribution in [2.75, 3.05) is 4.90 Å². The highest BCUT2D eigenvalue weighted by Gasteiger charge is 2.23. The number of fused-ring (bicyclic) bond motifs is 2. The van der Waals surface area contributed by atoms with Crippen LogP contribution in [0.25, 0.3) is 28.0 Å². The van der Waals surface area contributed by atoms with E-state index in [1.54, 1.807) is 0 Å². The summed E-state index contributed by atoms with van der Waals surface area (Å²) in [5.74, 6) is 0.271. The van der Waals surface area contributed by atoms with Crippen LogP contribution in [-0.4, -0.2) is 6.72 Å². The minimum Gasteiger partial charge on any atom is -0.336 e. The fourth-order valence-corrected chi connectivity index (χ4v) is 7.09. The highest BCUT2D eigenvalue weighted by Crippen LogP contribution is 2.40. The molecule has 1 unspecified atom stereocenters. The smallest absolute Gasteiger partial charge is 0.0859 e. The van der Waals surface area contributed by atoms with Crippen molar-refractivity contribution < 1.29 is 0 Å². The van der Waals surface area contributed by atoms with Crippen LogP contribution in [0.5, 0.6) is 0 Å². The molecule has 0 saturated heterocycles. The van der Waals surface area contributed by atoms with E-state index in [2.05, 4.69) is 169 Å². The van der Waals surface area contributed by atoms with E-state index in [-0.39, 0.29) is 5.92 Å². The van der Waals surface area contributed by atoms with Gasteiger partial charge in [-0.05, 0) is 107 Å². The van der Waals surface area contributed by atoms with Crippen molar-refractivity contribution in [3.05, 3.63) is 185 Å². The largest absolute Gasteiger partial charge is 0.336 e. The summed E-state index contributed by atoms with van der Waals surface area (Å²) in [6.45, 7) is 6.91. The van der Waals surface area contributed by atoms with Gasteiger partial charge in [0.25, 0.3) is 0 Å². The molecule has 2 aliphatic rings. The Bertz CT molecular complexity index is 2080. The molecule has 0 bridgehead atoms. The summed E-state index contributed by atoms with van der Waals surface area (Å²) in [7, 11) is 0. The molecule has 2 aliphatic carbocycles. The zero-order valence-electron chi connectivity index (χ0n) is 27.0. The van der Waals surface area contributed by atoms with E-state index in [9.17, 15) is 0 Å². The highest BCUT2D eigenvalue weighted by molar-refractivity contribution is 5.89. The number of aryl methyl sites for hydroxylation is 1. The van der Waals surface area contributed by atoms with Crippen LogP contribution in [0, 0.1) is 6.92 Å². The first kappa shape index (κ1) is 30.2. The fourth-order valence-electron chi connectivity index (χ4n) is 7.09. The van der Waals surface area contributed by atoms with Crippen LogP contribution >= 0.6 is 0 Å². The van der Waals surface area contributed by atoms with Gasteiger partial charge in [-0.15, -0.1) is 0 Å². The van der Waals surface area contributed by atoms with E-state index >= 15 is 0 Å². The molecule has 0 heterocycles. The Labute approximate surface area is 279 Å². The number of nitrogens with zero attached hydrogens (tertiary/aromatic N) is 2. The van der Waals surface area contributed by atoms with Crippen LogP contribution in [0.1, 0.15) is 46.6 Å². The van der Waals surface area contributed by atoms with E-state index in [1.807, 2.05) is 12.1 Å². The number of anilines is 1. The number of aliphatic imine (C=N–C) groups is 1. The second kappa shape index (κ2) is 13.9. The van der Waals surface area contributed by atoms with Gasteiger partial charge in [-0.25, -0.2) is 0 Å². The molecule has 2 nitrogen and oxygen atoms in total. The number of allylic oxidation sites excluding steroid dienone is 4. The van der Waals surface area contributed by atoms with E-state index in [1.165, 1.54) is 55.4 Å². The molecule has 2 heteroatoms. The number of benzene rings is 4. The van der Waals surface area contributed by atoms with E-state index in [0.717, 1.165) is 37.2 Å². The zero-order valence-corrected chi connectivity index (χ0v) is 27.0. The molecule has 0 radical (unpaired) electrons. The van der Waals surface area contributed by atoms with Gasteiger partial charge in [-0.2, -0.15) is 0 Å². The lowest BCUT2D eigenvalue weighted by Gasteiger charge is -2.31. The summed E-state index contributed by atoms with van der Waals surface area (Å²) in [4.78, 5) is 6.75. The average Bonchev–Trinajstić information content (AvgIpc) is 3.13. The third-order valence-corrected chi connectivity index (χ3v) is 9.39. The second-order valence-corrected chi connectivity index (χ2v) is 12.4. The van der Waals surface area contributed by atoms with E-state index in [0.29, 0.717) is 0 Å². The van der Waals surface area contributed by atoms with Crippen molar-refractivity contribution in [1.29, 1.82) is 0 Å².